The molecule has 0 bridgehead atoms. The van der Waals surface area contributed by atoms with E-state index >= 15 is 0 Å². The summed E-state index contributed by atoms with van der Waals surface area (Å²) < 4.78 is 33.3. The first-order valence-electron chi connectivity index (χ1n) is 10.2. The highest BCUT2D eigenvalue weighted by Gasteiger charge is 2.32. The lowest BCUT2D eigenvalue weighted by molar-refractivity contribution is 0.314. The van der Waals surface area contributed by atoms with E-state index in [4.69, 9.17) is 4.74 Å². The van der Waals surface area contributed by atoms with Crippen molar-refractivity contribution in [3.8, 4) is 5.75 Å². The van der Waals surface area contributed by atoms with Crippen LogP contribution in [0.15, 0.2) is 59.5 Å². The Kier molecular flexibility index (Phi) is 6.46. The first-order chi connectivity index (χ1) is 14.6. The molecule has 30 heavy (non-hydrogen) atoms. The van der Waals surface area contributed by atoms with Crippen LogP contribution in [0.3, 0.4) is 0 Å². The van der Waals surface area contributed by atoms with Gasteiger partial charge in [0.1, 0.15) is 15.8 Å². The number of rotatable bonds is 7. The number of ether oxygens (including phenoxy) is 1. The summed E-state index contributed by atoms with van der Waals surface area (Å²) in [5.74, 6) is 0.756. The van der Waals surface area contributed by atoms with Crippen molar-refractivity contribution in [1.82, 2.24) is 14.5 Å². The predicted molar refractivity (Wildman–Crippen MR) is 118 cm³/mol. The topological polar surface area (TPSA) is 72.4 Å². The molecule has 0 radical (unpaired) electrons. The molecule has 2 heterocycles. The lowest BCUT2D eigenvalue weighted by Gasteiger charge is -2.30. The Morgan fingerprint density at radius 3 is 2.60 bits per heavy atom. The van der Waals surface area contributed by atoms with Gasteiger partial charge >= 0.3 is 0 Å². The van der Waals surface area contributed by atoms with Crippen LogP contribution in [0, 0.1) is 0 Å². The minimum Gasteiger partial charge on any atom is -0.494 e. The number of benzene rings is 2. The van der Waals surface area contributed by atoms with Crippen LogP contribution in [0.5, 0.6) is 5.75 Å². The minimum absolute atomic E-state index is 0.0817. The lowest BCUT2D eigenvalue weighted by atomic mass is 10.0. The highest BCUT2D eigenvalue weighted by molar-refractivity contribution is 7.89. The molecular formula is C22H25N3O3S2. The van der Waals surface area contributed by atoms with E-state index in [-0.39, 0.29) is 5.92 Å². The Morgan fingerprint density at radius 1 is 1.10 bits per heavy atom. The summed E-state index contributed by atoms with van der Waals surface area (Å²) in [6.07, 6.45) is 2.49. The Balaban J connectivity index is 1.46. The third-order valence-electron chi connectivity index (χ3n) is 5.19. The van der Waals surface area contributed by atoms with E-state index in [0.717, 1.165) is 29.3 Å². The molecule has 0 saturated carbocycles. The van der Waals surface area contributed by atoms with Gasteiger partial charge < -0.3 is 4.74 Å². The zero-order chi connectivity index (χ0) is 21.0. The molecule has 1 saturated heterocycles. The molecule has 0 N–H and O–H groups in total. The third kappa shape index (κ3) is 4.71. The van der Waals surface area contributed by atoms with E-state index in [0.29, 0.717) is 30.3 Å². The normalized spacial score (nSPS) is 17.7. The van der Waals surface area contributed by atoms with E-state index < -0.39 is 10.0 Å². The molecular weight excluding hydrogens is 418 g/mol. The van der Waals surface area contributed by atoms with Gasteiger partial charge in [-0.05, 0) is 49.6 Å². The molecule has 6 nitrogen and oxygen atoms in total. The van der Waals surface area contributed by atoms with Crippen LogP contribution in [0.4, 0.5) is 0 Å². The largest absolute Gasteiger partial charge is 0.494 e. The summed E-state index contributed by atoms with van der Waals surface area (Å²) in [6.45, 7) is 3.42. The summed E-state index contributed by atoms with van der Waals surface area (Å²) in [5, 5.41) is 10.6. The van der Waals surface area contributed by atoms with Gasteiger partial charge in [-0.25, -0.2) is 8.42 Å². The van der Waals surface area contributed by atoms with Gasteiger partial charge in [-0.15, -0.1) is 21.5 Å². The van der Waals surface area contributed by atoms with Crippen molar-refractivity contribution in [2.45, 2.75) is 37.0 Å². The molecule has 8 heteroatoms. The fraction of sp³-hybridized carbons (Fsp3) is 0.364. The molecule has 1 aromatic heterocycles. The zero-order valence-electron chi connectivity index (χ0n) is 16.9. The van der Waals surface area contributed by atoms with Gasteiger partial charge in [-0.2, -0.15) is 4.31 Å². The number of hydrogen-bond donors (Lipinski definition) is 0. The number of sulfonamides is 1. The molecule has 1 atom stereocenters. The Morgan fingerprint density at radius 2 is 1.87 bits per heavy atom. The van der Waals surface area contributed by atoms with Gasteiger partial charge in [-0.3, -0.25) is 0 Å². The average molecular weight is 444 g/mol. The average Bonchev–Trinajstić information content (AvgIpc) is 3.24. The van der Waals surface area contributed by atoms with E-state index in [2.05, 4.69) is 22.3 Å². The molecule has 1 unspecified atom stereocenters. The summed E-state index contributed by atoms with van der Waals surface area (Å²) in [4.78, 5) is 0.300. The summed E-state index contributed by atoms with van der Waals surface area (Å²) >= 11 is 1.59. The van der Waals surface area contributed by atoms with Crippen molar-refractivity contribution in [2.75, 3.05) is 19.7 Å². The van der Waals surface area contributed by atoms with Gasteiger partial charge in [0.25, 0.3) is 0 Å². The van der Waals surface area contributed by atoms with E-state index in [9.17, 15) is 8.42 Å². The minimum atomic E-state index is -3.54. The maximum Gasteiger partial charge on any atom is 0.243 e. The monoisotopic (exact) mass is 443 g/mol. The molecule has 1 aliphatic rings. The van der Waals surface area contributed by atoms with Crippen molar-refractivity contribution in [2.24, 2.45) is 0 Å². The summed E-state index contributed by atoms with van der Waals surface area (Å²) in [6, 6.07) is 16.8. The molecule has 0 aliphatic carbocycles. The predicted octanol–water partition coefficient (Wildman–Crippen LogP) is 4.10. The van der Waals surface area contributed by atoms with E-state index in [1.807, 2.05) is 25.1 Å². The summed E-state index contributed by atoms with van der Waals surface area (Å²) in [5.41, 5.74) is 1.20. The Hall–Kier alpha value is -2.29. The number of piperidine rings is 1. The molecule has 158 valence electrons. The second-order valence-corrected chi connectivity index (χ2v) is 10.3. The second-order valence-electron chi connectivity index (χ2n) is 7.30. The molecule has 1 fully saturated rings. The van der Waals surface area contributed by atoms with Gasteiger partial charge in [0.2, 0.25) is 10.0 Å². The fourth-order valence-corrected chi connectivity index (χ4v) is 6.19. The van der Waals surface area contributed by atoms with Gasteiger partial charge in [0.05, 0.1) is 11.5 Å². The quantitative estimate of drug-likeness (QED) is 0.550. The van der Waals surface area contributed by atoms with Crippen LogP contribution in [0.1, 0.15) is 41.3 Å². The van der Waals surface area contributed by atoms with Crippen LogP contribution < -0.4 is 4.74 Å². The van der Waals surface area contributed by atoms with Crippen molar-refractivity contribution in [1.29, 1.82) is 0 Å². The number of nitrogens with zero attached hydrogens (tertiary/aromatic N) is 3. The standard InChI is InChI=1S/C22H25N3O3S2/c1-2-28-19-10-12-20(13-11-19)30(26,27)25-14-6-9-18(16-25)22-24-23-21(29-22)15-17-7-4-3-5-8-17/h3-5,7-8,10-13,18H,2,6,9,14-16H2,1H3. The first-order valence-corrected chi connectivity index (χ1v) is 12.4. The highest BCUT2D eigenvalue weighted by atomic mass is 32.2. The molecule has 1 aliphatic heterocycles. The van der Waals surface area contributed by atoms with Gasteiger partial charge in [-0.1, -0.05) is 30.3 Å². The lowest BCUT2D eigenvalue weighted by Crippen LogP contribution is -2.39. The Labute approximate surface area is 181 Å². The molecule has 0 amide bonds. The van der Waals surface area contributed by atoms with E-state index in [1.54, 1.807) is 39.9 Å². The van der Waals surface area contributed by atoms with Crippen molar-refractivity contribution in [3.05, 3.63) is 70.2 Å². The number of hydrogen-bond acceptors (Lipinski definition) is 6. The van der Waals surface area contributed by atoms with Gasteiger partial charge in [0.15, 0.2) is 0 Å². The SMILES string of the molecule is CCOc1ccc(S(=O)(=O)N2CCCC(c3nnc(Cc4ccccc4)s3)C2)cc1. The maximum absolute atomic E-state index is 13.1. The smallest absolute Gasteiger partial charge is 0.243 e. The van der Waals surface area contributed by atoms with Crippen molar-refractivity contribution < 1.29 is 13.2 Å². The Bertz CT molecular complexity index is 1070. The van der Waals surface area contributed by atoms with Crippen molar-refractivity contribution >= 4 is 21.4 Å². The molecule has 0 spiro atoms. The highest BCUT2D eigenvalue weighted by Crippen LogP contribution is 2.32. The molecule has 2 aromatic carbocycles. The second kappa shape index (κ2) is 9.24. The number of aromatic nitrogens is 2. The maximum atomic E-state index is 13.1. The summed E-state index contributed by atoms with van der Waals surface area (Å²) in [7, 11) is -3.54. The molecule has 4 rings (SSSR count). The molecule has 3 aromatic rings. The van der Waals surface area contributed by atoms with Crippen molar-refractivity contribution in [3.63, 3.8) is 0 Å². The van der Waals surface area contributed by atoms with Crippen LogP contribution >= 0.6 is 11.3 Å². The van der Waals surface area contributed by atoms with E-state index in [1.165, 1.54) is 5.56 Å². The van der Waals surface area contributed by atoms with Crippen LogP contribution in [0.25, 0.3) is 0 Å². The van der Waals surface area contributed by atoms with Crippen LogP contribution in [-0.4, -0.2) is 42.6 Å². The first kappa shape index (κ1) is 21.0. The van der Waals surface area contributed by atoms with Crippen LogP contribution in [-0.2, 0) is 16.4 Å². The zero-order valence-corrected chi connectivity index (χ0v) is 18.5. The third-order valence-corrected chi connectivity index (χ3v) is 8.15. The van der Waals surface area contributed by atoms with Gasteiger partial charge in [0, 0.05) is 25.4 Å². The van der Waals surface area contributed by atoms with Crippen LogP contribution in [0.2, 0.25) is 0 Å². The fourth-order valence-electron chi connectivity index (χ4n) is 3.66.